The maximum atomic E-state index is 13.0. The van der Waals surface area contributed by atoms with Crippen molar-refractivity contribution in [2.24, 2.45) is 11.8 Å². The average molecular weight is 624 g/mol. The molecule has 0 spiro atoms. The highest BCUT2D eigenvalue weighted by molar-refractivity contribution is 9.12. The molecule has 1 saturated carbocycles. The van der Waals surface area contributed by atoms with Gasteiger partial charge in [0.1, 0.15) is 0 Å². The van der Waals surface area contributed by atoms with Crippen LogP contribution < -0.4 is 9.64 Å². The number of carbonyl (C=O) groups is 4. The molecule has 2 aromatic carbocycles. The number of nitro benzene ring substituents is 1. The molecule has 1 saturated heterocycles. The van der Waals surface area contributed by atoms with Crippen LogP contribution in [-0.4, -0.2) is 51.9 Å². The number of carbonyl (C=O) groups excluding carboxylic acids is 4. The summed E-state index contributed by atoms with van der Waals surface area (Å²) in [4.78, 5) is 62.9. The Labute approximate surface area is 222 Å². The predicted octanol–water partition coefficient (Wildman–Crippen LogP) is 4.07. The minimum absolute atomic E-state index is 0.00507. The quantitative estimate of drug-likeness (QED) is 0.113. The second kappa shape index (κ2) is 10.5. The minimum Gasteiger partial charge on any atom is -0.490 e. The fraction of sp³-hybridized carbons (Fsp3) is 0.333. The lowest BCUT2D eigenvalue weighted by Gasteiger charge is -2.29. The smallest absolute Gasteiger partial charge is 0.338 e. The molecule has 1 aliphatic heterocycles. The number of rotatable bonds is 7. The summed E-state index contributed by atoms with van der Waals surface area (Å²) in [5.41, 5.74) is -0.105. The number of fused-ring (bicyclic) bond motifs is 1. The maximum absolute atomic E-state index is 13.0. The topological polar surface area (TPSA) is 133 Å². The highest BCUT2D eigenvalue weighted by Crippen LogP contribution is 2.44. The molecule has 4 rings (SSSR count). The molecule has 1 aliphatic carbocycles. The number of ketones is 1. The summed E-state index contributed by atoms with van der Waals surface area (Å²) in [6.45, 7) is -0.655. The molecule has 2 fully saturated rings. The van der Waals surface area contributed by atoms with Crippen molar-refractivity contribution in [2.45, 2.75) is 22.5 Å². The lowest BCUT2D eigenvalue weighted by molar-refractivity contribution is -0.385. The Balaban J connectivity index is 1.46. The number of amides is 2. The Morgan fingerprint density at radius 3 is 2.25 bits per heavy atom. The van der Waals surface area contributed by atoms with E-state index in [1.54, 1.807) is 6.07 Å². The maximum Gasteiger partial charge on any atom is 0.338 e. The summed E-state index contributed by atoms with van der Waals surface area (Å²) < 4.78 is 10.0. The number of nitrogens with zero attached hydrogens (tertiary/aromatic N) is 2. The normalized spacial score (nSPS) is 23.2. The Kier molecular flexibility index (Phi) is 7.55. The van der Waals surface area contributed by atoms with Gasteiger partial charge in [-0.1, -0.05) is 37.9 Å². The van der Waals surface area contributed by atoms with Crippen molar-refractivity contribution in [3.05, 3.63) is 63.7 Å². The van der Waals surface area contributed by atoms with Crippen molar-refractivity contribution in [3.8, 4) is 5.75 Å². The van der Waals surface area contributed by atoms with Crippen molar-refractivity contribution in [3.63, 3.8) is 0 Å². The first-order chi connectivity index (χ1) is 17.1. The van der Waals surface area contributed by atoms with Crippen molar-refractivity contribution >= 4 is 66.8 Å². The molecular weight excluding hydrogens is 604 g/mol. The summed E-state index contributed by atoms with van der Waals surface area (Å²) >= 11 is 7.10. The van der Waals surface area contributed by atoms with E-state index >= 15 is 0 Å². The molecule has 188 valence electrons. The zero-order valence-corrected chi connectivity index (χ0v) is 22.1. The number of ether oxygens (including phenoxy) is 2. The van der Waals surface area contributed by atoms with Gasteiger partial charge in [-0.2, -0.15) is 0 Å². The first-order valence-corrected chi connectivity index (χ1v) is 12.7. The standard InChI is InChI=1S/C24H20Br2N2O8/c1-35-21-6-5-12(8-19(21)28(33)34)20(29)11-36-24(32)13-3-2-4-14(7-13)27-22(30)15-9-17(25)18(26)10-16(15)23(27)31/h2-8,15-18H,9-11H2,1H3/t15-,16+,17+,18-. The lowest BCUT2D eigenvalue weighted by Crippen LogP contribution is -2.34. The van der Waals surface area contributed by atoms with Gasteiger partial charge in [-0.05, 0) is 43.2 Å². The number of methoxy groups -OCH3 is 1. The van der Waals surface area contributed by atoms with Crippen molar-refractivity contribution in [1.29, 1.82) is 0 Å². The van der Waals surface area contributed by atoms with E-state index in [-0.39, 0.29) is 49.7 Å². The molecule has 2 aromatic rings. The van der Waals surface area contributed by atoms with Gasteiger partial charge in [0.15, 0.2) is 12.4 Å². The second-order valence-electron chi connectivity index (χ2n) is 8.42. The van der Waals surface area contributed by atoms with E-state index in [2.05, 4.69) is 31.9 Å². The van der Waals surface area contributed by atoms with Gasteiger partial charge in [-0.3, -0.25) is 29.4 Å². The van der Waals surface area contributed by atoms with Gasteiger partial charge in [-0.25, -0.2) is 4.79 Å². The van der Waals surface area contributed by atoms with Crippen LogP contribution in [0.3, 0.4) is 0 Å². The van der Waals surface area contributed by atoms with E-state index < -0.39 is 35.1 Å². The number of esters is 1. The van der Waals surface area contributed by atoms with E-state index in [0.29, 0.717) is 12.8 Å². The number of nitro groups is 1. The molecule has 0 radical (unpaired) electrons. The van der Waals surface area contributed by atoms with Crippen LogP contribution in [0.15, 0.2) is 42.5 Å². The van der Waals surface area contributed by atoms with Crippen LogP contribution >= 0.6 is 31.9 Å². The third kappa shape index (κ3) is 4.92. The van der Waals surface area contributed by atoms with Gasteiger partial charge in [0, 0.05) is 21.3 Å². The summed E-state index contributed by atoms with van der Waals surface area (Å²) in [5.74, 6) is -2.98. The van der Waals surface area contributed by atoms with Gasteiger partial charge in [0.05, 0.1) is 35.1 Å². The molecule has 36 heavy (non-hydrogen) atoms. The molecule has 2 aliphatic rings. The third-order valence-corrected chi connectivity index (χ3v) is 9.02. The van der Waals surface area contributed by atoms with Crippen LogP contribution in [0.2, 0.25) is 0 Å². The van der Waals surface area contributed by atoms with E-state index in [1.807, 2.05) is 0 Å². The van der Waals surface area contributed by atoms with Gasteiger partial charge < -0.3 is 9.47 Å². The number of imide groups is 1. The van der Waals surface area contributed by atoms with E-state index in [9.17, 15) is 29.3 Å². The Hall–Kier alpha value is -3.12. The number of alkyl halides is 2. The van der Waals surface area contributed by atoms with E-state index in [1.165, 1.54) is 37.4 Å². The third-order valence-electron chi connectivity index (χ3n) is 6.28. The van der Waals surface area contributed by atoms with Crippen LogP contribution in [0.25, 0.3) is 0 Å². The molecular formula is C24H20Br2N2O8. The SMILES string of the molecule is COc1ccc(C(=O)COC(=O)c2cccc(N3C(=O)[C@H]4C[C@@H](Br)[C@@H](Br)C[C@H]4C3=O)c2)cc1[N+](=O)[O-]. The molecule has 1 heterocycles. The number of benzene rings is 2. The molecule has 10 nitrogen and oxygen atoms in total. The number of Topliss-reactive ketones (excluding diaryl/α,β-unsaturated/α-hetero) is 1. The first-order valence-electron chi connectivity index (χ1n) is 10.9. The van der Waals surface area contributed by atoms with Crippen LogP contribution in [0.1, 0.15) is 33.6 Å². The van der Waals surface area contributed by atoms with Crippen molar-refractivity contribution in [1.82, 2.24) is 0 Å². The first kappa shape index (κ1) is 26.0. The van der Waals surface area contributed by atoms with Crippen LogP contribution in [0, 0.1) is 22.0 Å². The molecule has 0 bridgehead atoms. The van der Waals surface area contributed by atoms with Crippen molar-refractivity contribution < 1.29 is 33.6 Å². The number of hydrogen-bond acceptors (Lipinski definition) is 8. The Bertz CT molecular complexity index is 1240. The molecule has 12 heteroatoms. The van der Waals surface area contributed by atoms with Crippen molar-refractivity contribution in [2.75, 3.05) is 18.6 Å². The Morgan fingerprint density at radius 1 is 1.03 bits per heavy atom. The molecule has 0 unspecified atom stereocenters. The van der Waals surface area contributed by atoms with Gasteiger partial charge in [-0.15, -0.1) is 0 Å². The predicted molar refractivity (Wildman–Crippen MR) is 135 cm³/mol. The van der Waals surface area contributed by atoms with Gasteiger partial charge in [0.25, 0.3) is 0 Å². The number of hydrogen-bond donors (Lipinski definition) is 0. The summed E-state index contributed by atoms with van der Waals surface area (Å²) in [6.07, 6.45) is 1.05. The Morgan fingerprint density at radius 2 is 1.67 bits per heavy atom. The molecule has 0 aromatic heterocycles. The number of halogens is 2. The van der Waals surface area contributed by atoms with Gasteiger partial charge >= 0.3 is 11.7 Å². The van der Waals surface area contributed by atoms with E-state index in [4.69, 9.17) is 9.47 Å². The number of anilines is 1. The second-order valence-corrected chi connectivity index (χ2v) is 10.8. The van der Waals surface area contributed by atoms with Crippen LogP contribution in [0.5, 0.6) is 5.75 Å². The average Bonchev–Trinajstić information content (AvgIpc) is 3.10. The van der Waals surface area contributed by atoms with E-state index in [0.717, 1.165) is 11.0 Å². The fourth-order valence-electron chi connectivity index (χ4n) is 4.43. The highest BCUT2D eigenvalue weighted by Gasteiger charge is 2.52. The monoisotopic (exact) mass is 622 g/mol. The highest BCUT2D eigenvalue weighted by atomic mass is 79.9. The van der Waals surface area contributed by atoms with Gasteiger partial charge in [0.2, 0.25) is 17.6 Å². The molecule has 2 amide bonds. The minimum atomic E-state index is -0.842. The lowest BCUT2D eigenvalue weighted by atomic mass is 9.81. The largest absolute Gasteiger partial charge is 0.490 e. The molecule has 4 atom stereocenters. The molecule has 0 N–H and O–H groups in total. The summed E-state index contributed by atoms with van der Waals surface area (Å²) in [6, 6.07) is 9.56. The summed E-state index contributed by atoms with van der Waals surface area (Å²) in [7, 11) is 1.27. The van der Waals surface area contributed by atoms with Crippen LogP contribution in [0.4, 0.5) is 11.4 Å². The van der Waals surface area contributed by atoms with Crippen LogP contribution in [-0.2, 0) is 14.3 Å². The fourth-order valence-corrected chi connectivity index (χ4v) is 5.66. The summed E-state index contributed by atoms with van der Waals surface area (Å²) in [5, 5.41) is 11.2. The zero-order chi connectivity index (χ0) is 26.1. The zero-order valence-electron chi connectivity index (χ0n) is 18.9.